The Labute approximate surface area is 98.8 Å². The number of rotatable bonds is 7. The monoisotopic (exact) mass is 221 g/mol. The Morgan fingerprint density at radius 3 is 2.69 bits per heavy atom. The van der Waals surface area contributed by atoms with E-state index in [1.165, 1.54) is 11.1 Å². The highest BCUT2D eigenvalue weighted by molar-refractivity contribution is 5.37. The molecule has 16 heavy (non-hydrogen) atoms. The lowest BCUT2D eigenvalue weighted by Crippen LogP contribution is -2.04. The minimum Gasteiger partial charge on any atom is -0.493 e. The Kier molecular flexibility index (Phi) is 5.94. The van der Waals surface area contributed by atoms with E-state index in [1.54, 1.807) is 0 Å². The van der Waals surface area contributed by atoms with Crippen LogP contribution in [0.1, 0.15) is 37.8 Å². The summed E-state index contributed by atoms with van der Waals surface area (Å²) in [5.74, 6) is 1.03. The molecule has 1 aromatic rings. The van der Waals surface area contributed by atoms with Gasteiger partial charge >= 0.3 is 0 Å². The third kappa shape index (κ3) is 3.86. The smallest absolute Gasteiger partial charge is 0.122 e. The van der Waals surface area contributed by atoms with Gasteiger partial charge in [-0.25, -0.2) is 0 Å². The van der Waals surface area contributed by atoms with Crippen molar-refractivity contribution in [2.75, 3.05) is 13.2 Å². The van der Waals surface area contributed by atoms with Gasteiger partial charge in [-0.1, -0.05) is 26.0 Å². The Bertz CT molecular complexity index is 310. The van der Waals surface area contributed by atoms with Crippen molar-refractivity contribution in [1.82, 2.24) is 0 Å². The van der Waals surface area contributed by atoms with Crippen LogP contribution < -0.4 is 10.5 Å². The van der Waals surface area contributed by atoms with E-state index < -0.39 is 0 Å². The number of benzene rings is 1. The maximum Gasteiger partial charge on any atom is 0.122 e. The molecule has 90 valence electrons. The van der Waals surface area contributed by atoms with E-state index in [0.717, 1.165) is 44.6 Å². The van der Waals surface area contributed by atoms with E-state index in [4.69, 9.17) is 10.5 Å². The van der Waals surface area contributed by atoms with Gasteiger partial charge in [-0.3, -0.25) is 0 Å². The van der Waals surface area contributed by atoms with Crippen LogP contribution in [0, 0.1) is 0 Å². The van der Waals surface area contributed by atoms with Crippen LogP contribution >= 0.6 is 0 Å². The molecule has 0 fully saturated rings. The normalized spacial score (nSPS) is 10.4. The van der Waals surface area contributed by atoms with Gasteiger partial charge in [-0.2, -0.15) is 0 Å². The van der Waals surface area contributed by atoms with E-state index in [1.807, 2.05) is 0 Å². The number of aryl methyl sites for hydroxylation is 2. The Balaban J connectivity index is 2.78. The molecule has 0 radical (unpaired) electrons. The van der Waals surface area contributed by atoms with Crippen molar-refractivity contribution in [3.05, 3.63) is 29.3 Å². The standard InChI is InChI=1S/C14H23NO/c1-3-10-16-14-8-7-12(4-2)11-13(14)6-5-9-15/h7-8,11H,3-6,9-10,15H2,1-2H3. The zero-order valence-corrected chi connectivity index (χ0v) is 10.5. The van der Waals surface area contributed by atoms with Crippen molar-refractivity contribution in [2.45, 2.75) is 39.5 Å². The molecule has 2 N–H and O–H groups in total. The zero-order chi connectivity index (χ0) is 11.8. The first-order valence-corrected chi connectivity index (χ1v) is 6.26. The Morgan fingerprint density at radius 1 is 1.25 bits per heavy atom. The summed E-state index contributed by atoms with van der Waals surface area (Å²) in [4.78, 5) is 0. The summed E-state index contributed by atoms with van der Waals surface area (Å²) >= 11 is 0. The molecule has 0 spiro atoms. The summed E-state index contributed by atoms with van der Waals surface area (Å²) in [6.07, 6.45) is 4.16. The van der Waals surface area contributed by atoms with Crippen molar-refractivity contribution < 1.29 is 4.74 Å². The van der Waals surface area contributed by atoms with Gasteiger partial charge in [-0.15, -0.1) is 0 Å². The highest BCUT2D eigenvalue weighted by Gasteiger charge is 2.04. The molecule has 0 saturated heterocycles. The number of nitrogens with two attached hydrogens (primary N) is 1. The predicted molar refractivity (Wildman–Crippen MR) is 69.0 cm³/mol. The molecule has 0 atom stereocenters. The van der Waals surface area contributed by atoms with Crippen molar-refractivity contribution in [3.63, 3.8) is 0 Å². The van der Waals surface area contributed by atoms with E-state index in [9.17, 15) is 0 Å². The fraction of sp³-hybridized carbons (Fsp3) is 0.571. The van der Waals surface area contributed by atoms with Crippen LogP contribution in [0.5, 0.6) is 5.75 Å². The largest absolute Gasteiger partial charge is 0.493 e. The highest BCUT2D eigenvalue weighted by atomic mass is 16.5. The second-order valence-corrected chi connectivity index (χ2v) is 4.04. The molecule has 2 heteroatoms. The summed E-state index contributed by atoms with van der Waals surface area (Å²) in [7, 11) is 0. The van der Waals surface area contributed by atoms with Crippen molar-refractivity contribution in [2.24, 2.45) is 5.73 Å². The molecule has 1 rings (SSSR count). The molecule has 0 aromatic heterocycles. The molecule has 0 aliphatic heterocycles. The molecule has 0 unspecified atom stereocenters. The van der Waals surface area contributed by atoms with Gasteiger partial charge in [-0.05, 0) is 49.4 Å². The van der Waals surface area contributed by atoms with Crippen LogP contribution in [-0.2, 0) is 12.8 Å². The molecular weight excluding hydrogens is 198 g/mol. The lowest BCUT2D eigenvalue weighted by Gasteiger charge is -2.12. The van der Waals surface area contributed by atoms with Crippen LogP contribution in [0.25, 0.3) is 0 Å². The summed E-state index contributed by atoms with van der Waals surface area (Å²) in [6.45, 7) is 5.83. The van der Waals surface area contributed by atoms with Gasteiger partial charge in [0.1, 0.15) is 5.75 Å². The van der Waals surface area contributed by atoms with Crippen LogP contribution in [-0.4, -0.2) is 13.2 Å². The predicted octanol–water partition coefficient (Wildman–Crippen LogP) is 2.93. The van der Waals surface area contributed by atoms with Crippen LogP contribution in [0.2, 0.25) is 0 Å². The lowest BCUT2D eigenvalue weighted by molar-refractivity contribution is 0.314. The molecule has 0 bridgehead atoms. The Morgan fingerprint density at radius 2 is 2.06 bits per heavy atom. The van der Waals surface area contributed by atoms with Crippen molar-refractivity contribution >= 4 is 0 Å². The van der Waals surface area contributed by atoms with Crippen LogP contribution in [0.3, 0.4) is 0 Å². The average molecular weight is 221 g/mol. The first-order chi connectivity index (χ1) is 7.81. The summed E-state index contributed by atoms with van der Waals surface area (Å²) < 4.78 is 5.74. The van der Waals surface area contributed by atoms with Crippen molar-refractivity contribution in [3.8, 4) is 5.75 Å². The minimum atomic E-state index is 0.740. The maximum absolute atomic E-state index is 5.74. The first kappa shape index (κ1) is 13.0. The molecule has 0 saturated carbocycles. The number of ether oxygens (including phenoxy) is 1. The maximum atomic E-state index is 5.74. The fourth-order valence-corrected chi connectivity index (χ4v) is 1.69. The highest BCUT2D eigenvalue weighted by Crippen LogP contribution is 2.22. The van der Waals surface area contributed by atoms with Gasteiger partial charge in [0, 0.05) is 0 Å². The van der Waals surface area contributed by atoms with Gasteiger partial charge in [0.15, 0.2) is 0 Å². The quantitative estimate of drug-likeness (QED) is 0.768. The third-order valence-corrected chi connectivity index (χ3v) is 2.65. The molecule has 0 amide bonds. The fourth-order valence-electron chi connectivity index (χ4n) is 1.69. The molecule has 0 aliphatic rings. The topological polar surface area (TPSA) is 35.2 Å². The Hall–Kier alpha value is -1.02. The number of hydrogen-bond acceptors (Lipinski definition) is 2. The SMILES string of the molecule is CCCOc1ccc(CC)cc1CCCN. The third-order valence-electron chi connectivity index (χ3n) is 2.65. The van der Waals surface area contributed by atoms with Crippen LogP contribution in [0.4, 0.5) is 0 Å². The second-order valence-electron chi connectivity index (χ2n) is 4.04. The molecule has 2 nitrogen and oxygen atoms in total. The molecule has 0 aliphatic carbocycles. The van der Waals surface area contributed by atoms with Gasteiger partial charge in [0.05, 0.1) is 6.61 Å². The average Bonchev–Trinajstić information content (AvgIpc) is 2.34. The van der Waals surface area contributed by atoms with Crippen LogP contribution in [0.15, 0.2) is 18.2 Å². The van der Waals surface area contributed by atoms with Gasteiger partial charge < -0.3 is 10.5 Å². The van der Waals surface area contributed by atoms with E-state index in [0.29, 0.717) is 0 Å². The first-order valence-electron chi connectivity index (χ1n) is 6.26. The van der Waals surface area contributed by atoms with Gasteiger partial charge in [0.25, 0.3) is 0 Å². The van der Waals surface area contributed by atoms with Crippen molar-refractivity contribution in [1.29, 1.82) is 0 Å². The molecule has 0 heterocycles. The van der Waals surface area contributed by atoms with E-state index >= 15 is 0 Å². The zero-order valence-electron chi connectivity index (χ0n) is 10.5. The summed E-state index contributed by atoms with van der Waals surface area (Å²) in [5, 5.41) is 0. The molecule has 1 aromatic carbocycles. The van der Waals surface area contributed by atoms with Gasteiger partial charge in [0.2, 0.25) is 0 Å². The lowest BCUT2D eigenvalue weighted by atomic mass is 10.0. The number of hydrogen-bond donors (Lipinski definition) is 1. The summed E-state index contributed by atoms with van der Waals surface area (Å²) in [5.41, 5.74) is 8.23. The minimum absolute atomic E-state index is 0.740. The van der Waals surface area contributed by atoms with E-state index in [2.05, 4.69) is 32.0 Å². The summed E-state index contributed by atoms with van der Waals surface area (Å²) in [6, 6.07) is 6.50. The second kappa shape index (κ2) is 7.29. The van der Waals surface area contributed by atoms with E-state index in [-0.39, 0.29) is 0 Å². The molecular formula is C14H23NO.